The standard InChI is InChI=1S/C26H34ClN3O5S/c1-17-8-6-7-9-21(17)24(31)28-23-11-10-20(16-22(23)27)36(33,34)29-18(2)19-12-14-30(15-13-19)25(32)35-26(3,4)5/h6-11,16,18-19,29H,12-15H2,1-5H3,(H,28,31)/t18-/m1/s1. The van der Waals surface area contributed by atoms with Crippen LogP contribution in [-0.4, -0.2) is 50.1 Å². The first-order valence-electron chi connectivity index (χ1n) is 11.9. The Kier molecular flexibility index (Phi) is 8.69. The number of sulfonamides is 1. The molecule has 1 fully saturated rings. The van der Waals surface area contributed by atoms with E-state index >= 15 is 0 Å². The summed E-state index contributed by atoms with van der Waals surface area (Å²) in [6, 6.07) is 11.0. The summed E-state index contributed by atoms with van der Waals surface area (Å²) >= 11 is 6.33. The van der Waals surface area contributed by atoms with Crippen molar-refractivity contribution in [3.63, 3.8) is 0 Å². The van der Waals surface area contributed by atoms with Crippen LogP contribution >= 0.6 is 11.6 Å². The van der Waals surface area contributed by atoms with Crippen molar-refractivity contribution in [2.45, 2.75) is 64.0 Å². The highest BCUT2D eigenvalue weighted by Crippen LogP contribution is 2.28. The van der Waals surface area contributed by atoms with Crippen LogP contribution in [0, 0.1) is 12.8 Å². The maximum Gasteiger partial charge on any atom is 0.410 e. The number of nitrogens with zero attached hydrogens (tertiary/aromatic N) is 1. The number of anilines is 1. The zero-order valence-corrected chi connectivity index (χ0v) is 22.9. The number of likely N-dealkylation sites (tertiary alicyclic amines) is 1. The largest absolute Gasteiger partial charge is 0.444 e. The lowest BCUT2D eigenvalue weighted by Gasteiger charge is -2.35. The molecule has 1 aliphatic heterocycles. The van der Waals surface area contributed by atoms with Gasteiger partial charge in [0, 0.05) is 24.7 Å². The first kappa shape index (κ1) is 28.0. The highest BCUT2D eigenvalue weighted by molar-refractivity contribution is 7.89. The van der Waals surface area contributed by atoms with Crippen molar-refractivity contribution < 1.29 is 22.7 Å². The lowest BCUT2D eigenvalue weighted by atomic mass is 9.91. The number of carbonyl (C=O) groups excluding carboxylic acids is 2. The molecule has 0 aliphatic carbocycles. The summed E-state index contributed by atoms with van der Waals surface area (Å²) in [6.07, 6.45) is 0.972. The summed E-state index contributed by atoms with van der Waals surface area (Å²) in [5.74, 6) is -0.253. The third-order valence-electron chi connectivity index (χ3n) is 6.13. The summed E-state index contributed by atoms with van der Waals surface area (Å²) in [7, 11) is -3.84. The third kappa shape index (κ3) is 7.21. The molecule has 2 amide bonds. The van der Waals surface area contributed by atoms with Crippen LogP contribution in [0.25, 0.3) is 0 Å². The van der Waals surface area contributed by atoms with E-state index in [1.54, 1.807) is 17.0 Å². The maximum absolute atomic E-state index is 13.0. The average Bonchev–Trinajstić information content (AvgIpc) is 2.79. The highest BCUT2D eigenvalue weighted by atomic mass is 35.5. The van der Waals surface area contributed by atoms with Crippen LogP contribution in [0.5, 0.6) is 0 Å². The van der Waals surface area contributed by atoms with Gasteiger partial charge in [-0.2, -0.15) is 0 Å². The Labute approximate surface area is 218 Å². The maximum atomic E-state index is 13.0. The summed E-state index contributed by atoms with van der Waals surface area (Å²) < 4.78 is 34.2. The van der Waals surface area contributed by atoms with Crippen LogP contribution in [0.15, 0.2) is 47.4 Å². The van der Waals surface area contributed by atoms with Crippen molar-refractivity contribution in [2.75, 3.05) is 18.4 Å². The summed E-state index contributed by atoms with van der Waals surface area (Å²) in [5, 5.41) is 2.86. The van der Waals surface area contributed by atoms with Crippen molar-refractivity contribution in [1.82, 2.24) is 9.62 Å². The molecule has 1 atom stereocenters. The fourth-order valence-corrected chi connectivity index (χ4v) is 5.73. The number of rotatable bonds is 6. The molecule has 0 saturated carbocycles. The van der Waals surface area contributed by atoms with Gasteiger partial charge in [0.25, 0.3) is 5.91 Å². The second-order valence-corrected chi connectivity index (χ2v) is 12.2. The molecule has 196 valence electrons. The van der Waals surface area contributed by atoms with Gasteiger partial charge in [-0.1, -0.05) is 29.8 Å². The van der Waals surface area contributed by atoms with Crippen LogP contribution in [0.2, 0.25) is 5.02 Å². The molecule has 2 N–H and O–H groups in total. The molecule has 0 radical (unpaired) electrons. The number of hydrogen-bond acceptors (Lipinski definition) is 5. The van der Waals surface area contributed by atoms with E-state index in [2.05, 4.69) is 10.0 Å². The van der Waals surface area contributed by atoms with E-state index in [0.29, 0.717) is 37.2 Å². The highest BCUT2D eigenvalue weighted by Gasteiger charge is 2.31. The first-order chi connectivity index (χ1) is 16.8. The van der Waals surface area contributed by atoms with E-state index in [1.165, 1.54) is 18.2 Å². The van der Waals surface area contributed by atoms with Gasteiger partial charge in [-0.05, 0) is 83.2 Å². The van der Waals surface area contributed by atoms with Gasteiger partial charge in [-0.25, -0.2) is 17.9 Å². The van der Waals surface area contributed by atoms with E-state index in [4.69, 9.17) is 16.3 Å². The van der Waals surface area contributed by atoms with Gasteiger partial charge in [0.2, 0.25) is 10.0 Å². The Morgan fingerprint density at radius 1 is 1.11 bits per heavy atom. The fourth-order valence-electron chi connectivity index (χ4n) is 4.10. The van der Waals surface area contributed by atoms with Gasteiger partial charge >= 0.3 is 6.09 Å². The van der Waals surface area contributed by atoms with Crippen LogP contribution in [-0.2, 0) is 14.8 Å². The van der Waals surface area contributed by atoms with Crippen LogP contribution in [0.3, 0.4) is 0 Å². The molecule has 0 spiro atoms. The molecule has 2 aromatic carbocycles. The minimum Gasteiger partial charge on any atom is -0.444 e. The Balaban J connectivity index is 1.61. The number of carbonyl (C=O) groups is 2. The summed E-state index contributed by atoms with van der Waals surface area (Å²) in [6.45, 7) is 10.1. The quantitative estimate of drug-likeness (QED) is 0.528. The monoisotopic (exact) mass is 535 g/mol. The van der Waals surface area contributed by atoms with Gasteiger partial charge in [0.15, 0.2) is 0 Å². The first-order valence-corrected chi connectivity index (χ1v) is 13.8. The summed E-state index contributed by atoms with van der Waals surface area (Å²) in [5.41, 5.74) is 1.10. The molecule has 3 rings (SSSR count). The van der Waals surface area contributed by atoms with E-state index in [0.717, 1.165) is 5.56 Å². The molecule has 8 nitrogen and oxygen atoms in total. The van der Waals surface area contributed by atoms with E-state index in [-0.39, 0.29) is 33.9 Å². The second kappa shape index (κ2) is 11.2. The SMILES string of the molecule is Cc1ccccc1C(=O)Nc1ccc(S(=O)(=O)N[C@H](C)C2CCN(C(=O)OC(C)(C)C)CC2)cc1Cl. The molecule has 10 heteroatoms. The Hall–Kier alpha value is -2.62. The number of piperidine rings is 1. The van der Waals surface area contributed by atoms with Crippen molar-refractivity contribution in [2.24, 2.45) is 5.92 Å². The van der Waals surface area contributed by atoms with Gasteiger partial charge < -0.3 is 15.0 Å². The Morgan fingerprint density at radius 3 is 2.33 bits per heavy atom. The zero-order chi connectivity index (χ0) is 26.7. The van der Waals surface area contributed by atoms with Crippen LogP contribution < -0.4 is 10.0 Å². The van der Waals surface area contributed by atoms with E-state index in [9.17, 15) is 18.0 Å². The zero-order valence-electron chi connectivity index (χ0n) is 21.3. The number of benzene rings is 2. The van der Waals surface area contributed by atoms with Crippen molar-refractivity contribution in [1.29, 1.82) is 0 Å². The smallest absolute Gasteiger partial charge is 0.410 e. The molecule has 1 aliphatic rings. The molecule has 1 saturated heterocycles. The predicted octanol–water partition coefficient (Wildman–Crippen LogP) is 5.21. The Bertz CT molecular complexity index is 1220. The minimum absolute atomic E-state index is 0.0134. The summed E-state index contributed by atoms with van der Waals surface area (Å²) in [4.78, 5) is 26.5. The third-order valence-corrected chi connectivity index (χ3v) is 8.00. The normalized spacial score (nSPS) is 15.9. The number of nitrogens with one attached hydrogen (secondary N) is 2. The fraction of sp³-hybridized carbons (Fsp3) is 0.462. The molecule has 0 aromatic heterocycles. The molecule has 2 aromatic rings. The predicted molar refractivity (Wildman–Crippen MR) is 141 cm³/mol. The lowest BCUT2D eigenvalue weighted by molar-refractivity contribution is 0.0174. The van der Waals surface area contributed by atoms with Crippen LogP contribution in [0.4, 0.5) is 10.5 Å². The van der Waals surface area contributed by atoms with E-state index in [1.807, 2.05) is 46.8 Å². The second-order valence-electron chi connectivity index (χ2n) is 10.1. The van der Waals surface area contributed by atoms with Crippen LogP contribution in [0.1, 0.15) is 56.5 Å². The number of ether oxygens (including phenoxy) is 1. The van der Waals surface area contributed by atoms with Gasteiger partial charge in [-0.3, -0.25) is 4.79 Å². The van der Waals surface area contributed by atoms with Gasteiger partial charge in [0.05, 0.1) is 15.6 Å². The average molecular weight is 536 g/mol. The minimum atomic E-state index is -3.84. The van der Waals surface area contributed by atoms with Gasteiger partial charge in [-0.15, -0.1) is 0 Å². The lowest BCUT2D eigenvalue weighted by Crippen LogP contribution is -2.46. The molecule has 0 bridgehead atoms. The number of hydrogen-bond donors (Lipinski definition) is 2. The molecular formula is C26H34ClN3O5S. The van der Waals surface area contributed by atoms with Gasteiger partial charge in [0.1, 0.15) is 5.60 Å². The number of halogens is 1. The van der Waals surface area contributed by atoms with Crippen molar-refractivity contribution in [3.8, 4) is 0 Å². The number of aryl methyl sites for hydroxylation is 1. The van der Waals surface area contributed by atoms with Crippen molar-refractivity contribution >= 4 is 39.3 Å². The topological polar surface area (TPSA) is 105 Å². The molecule has 1 heterocycles. The molecule has 0 unspecified atom stereocenters. The van der Waals surface area contributed by atoms with E-state index < -0.39 is 15.6 Å². The van der Waals surface area contributed by atoms with Crippen molar-refractivity contribution in [3.05, 3.63) is 58.6 Å². The molecular weight excluding hydrogens is 502 g/mol. The number of amides is 2. The Morgan fingerprint density at radius 2 is 1.75 bits per heavy atom. The molecule has 36 heavy (non-hydrogen) atoms.